The Morgan fingerprint density at radius 2 is 1.79 bits per heavy atom. The maximum Gasteiger partial charge on any atom is 0.417 e. The Morgan fingerprint density at radius 3 is 2.43 bits per heavy atom. The Balaban J connectivity index is 1.55. The summed E-state index contributed by atoms with van der Waals surface area (Å²) in [6.07, 6.45) is -4.59. The van der Waals surface area contributed by atoms with Crippen LogP contribution in [0, 0.1) is 0 Å². The fourth-order valence-corrected chi connectivity index (χ4v) is 3.33. The van der Waals surface area contributed by atoms with E-state index in [1.54, 1.807) is 12.1 Å². The molecule has 1 heterocycles. The first-order chi connectivity index (χ1) is 13.2. The van der Waals surface area contributed by atoms with E-state index in [4.69, 9.17) is 11.6 Å². The topological polar surface area (TPSA) is 55.8 Å². The van der Waals surface area contributed by atoms with Crippen molar-refractivity contribution in [2.24, 2.45) is 0 Å². The molecule has 150 valence electrons. The van der Waals surface area contributed by atoms with Crippen molar-refractivity contribution in [3.63, 3.8) is 0 Å². The normalized spacial score (nSPS) is 15.5. The zero-order valence-corrected chi connectivity index (χ0v) is 15.6. The molecule has 1 amide bonds. The number of para-hydroxylation sites is 2. The van der Waals surface area contributed by atoms with Crippen LogP contribution in [0.4, 0.5) is 24.5 Å². The van der Waals surface area contributed by atoms with Crippen molar-refractivity contribution in [1.29, 1.82) is 0 Å². The van der Waals surface area contributed by atoms with E-state index >= 15 is 0 Å². The van der Waals surface area contributed by atoms with Gasteiger partial charge in [-0.2, -0.15) is 13.2 Å². The molecule has 0 radical (unpaired) electrons. The molecule has 2 N–H and O–H groups in total. The monoisotopic (exact) mass is 413 g/mol. The minimum absolute atomic E-state index is 0.0505. The van der Waals surface area contributed by atoms with Gasteiger partial charge in [0.1, 0.15) is 5.75 Å². The molecule has 1 aliphatic rings. The molecule has 2 aromatic carbocycles. The Labute approximate surface area is 165 Å². The lowest BCUT2D eigenvalue weighted by Crippen LogP contribution is -2.48. The van der Waals surface area contributed by atoms with Gasteiger partial charge in [0.15, 0.2) is 0 Å². The van der Waals surface area contributed by atoms with Crippen LogP contribution in [0.25, 0.3) is 0 Å². The molecular formula is C19H19ClF3N3O2. The van der Waals surface area contributed by atoms with Gasteiger partial charge >= 0.3 is 6.18 Å². The Kier molecular flexibility index (Phi) is 6.00. The van der Waals surface area contributed by atoms with Gasteiger partial charge in [-0.1, -0.05) is 23.7 Å². The molecule has 0 aromatic heterocycles. The van der Waals surface area contributed by atoms with Crippen molar-refractivity contribution in [2.45, 2.75) is 6.18 Å². The van der Waals surface area contributed by atoms with Crippen molar-refractivity contribution < 1.29 is 23.1 Å². The number of amides is 1. The SMILES string of the molecule is O=C(CN1CCN(c2ccccc2O)CC1)Nc1ccc(Cl)c(C(F)(F)F)c1. The van der Waals surface area contributed by atoms with Crippen LogP contribution in [-0.2, 0) is 11.0 Å². The van der Waals surface area contributed by atoms with E-state index in [9.17, 15) is 23.1 Å². The summed E-state index contributed by atoms with van der Waals surface area (Å²) in [6, 6.07) is 10.3. The van der Waals surface area contributed by atoms with Crippen LogP contribution < -0.4 is 10.2 Å². The van der Waals surface area contributed by atoms with Crippen LogP contribution in [0.15, 0.2) is 42.5 Å². The molecule has 1 saturated heterocycles. The molecule has 0 bridgehead atoms. The molecule has 0 unspecified atom stereocenters. The van der Waals surface area contributed by atoms with Crippen LogP contribution in [0.1, 0.15) is 5.56 Å². The predicted molar refractivity (Wildman–Crippen MR) is 102 cm³/mol. The van der Waals surface area contributed by atoms with E-state index < -0.39 is 22.7 Å². The number of rotatable bonds is 4. The smallest absolute Gasteiger partial charge is 0.417 e. The summed E-state index contributed by atoms with van der Waals surface area (Å²) in [4.78, 5) is 16.1. The summed E-state index contributed by atoms with van der Waals surface area (Å²) in [7, 11) is 0. The average molecular weight is 414 g/mol. The third kappa shape index (κ3) is 4.88. The van der Waals surface area contributed by atoms with Crippen molar-refractivity contribution in [3.8, 4) is 5.75 Å². The molecule has 1 fully saturated rings. The van der Waals surface area contributed by atoms with E-state index in [0.29, 0.717) is 26.2 Å². The zero-order chi connectivity index (χ0) is 20.3. The molecule has 2 aromatic rings. The summed E-state index contributed by atoms with van der Waals surface area (Å²) < 4.78 is 38.7. The lowest BCUT2D eigenvalue weighted by Gasteiger charge is -2.35. The Bertz CT molecular complexity index is 853. The first-order valence-corrected chi connectivity index (χ1v) is 9.04. The fourth-order valence-electron chi connectivity index (χ4n) is 3.10. The van der Waals surface area contributed by atoms with Gasteiger partial charge in [0.2, 0.25) is 5.91 Å². The summed E-state index contributed by atoms with van der Waals surface area (Å²) in [6.45, 7) is 2.51. The number of phenolic OH excluding ortho intramolecular Hbond substituents is 1. The largest absolute Gasteiger partial charge is 0.506 e. The zero-order valence-electron chi connectivity index (χ0n) is 14.8. The Morgan fingerprint density at radius 1 is 1.11 bits per heavy atom. The average Bonchev–Trinajstić information content (AvgIpc) is 2.63. The van der Waals surface area contributed by atoms with Crippen molar-refractivity contribution in [1.82, 2.24) is 4.90 Å². The van der Waals surface area contributed by atoms with Crippen LogP contribution in [0.5, 0.6) is 5.75 Å². The van der Waals surface area contributed by atoms with Gasteiger partial charge in [-0.3, -0.25) is 9.69 Å². The second-order valence-electron chi connectivity index (χ2n) is 6.49. The summed E-state index contributed by atoms with van der Waals surface area (Å²) in [5.74, 6) is -0.191. The van der Waals surface area contributed by atoms with E-state index in [1.165, 1.54) is 6.07 Å². The second kappa shape index (κ2) is 8.28. The highest BCUT2D eigenvalue weighted by Crippen LogP contribution is 2.36. The third-order valence-corrected chi connectivity index (χ3v) is 4.85. The third-order valence-electron chi connectivity index (χ3n) is 4.52. The summed E-state index contributed by atoms with van der Waals surface area (Å²) in [5, 5.41) is 12.0. The summed E-state index contributed by atoms with van der Waals surface area (Å²) >= 11 is 5.58. The van der Waals surface area contributed by atoms with Gasteiger partial charge in [-0.25, -0.2) is 0 Å². The number of hydrogen-bond acceptors (Lipinski definition) is 4. The molecule has 1 aliphatic heterocycles. The number of alkyl halides is 3. The number of carbonyl (C=O) groups excluding carboxylic acids is 1. The maximum atomic E-state index is 12.9. The first-order valence-electron chi connectivity index (χ1n) is 8.66. The van der Waals surface area contributed by atoms with Crippen LogP contribution in [0.2, 0.25) is 5.02 Å². The quantitative estimate of drug-likeness (QED) is 0.800. The maximum absolute atomic E-state index is 12.9. The molecular weight excluding hydrogens is 395 g/mol. The van der Waals surface area contributed by atoms with Crippen molar-refractivity contribution >= 4 is 28.9 Å². The fraction of sp³-hybridized carbons (Fsp3) is 0.316. The van der Waals surface area contributed by atoms with Gasteiger partial charge < -0.3 is 15.3 Å². The number of benzene rings is 2. The lowest BCUT2D eigenvalue weighted by molar-refractivity contribution is -0.137. The first kappa shape index (κ1) is 20.3. The number of anilines is 2. The minimum atomic E-state index is -4.59. The minimum Gasteiger partial charge on any atom is -0.506 e. The van der Waals surface area contributed by atoms with Crippen LogP contribution >= 0.6 is 11.6 Å². The number of nitrogens with zero attached hydrogens (tertiary/aromatic N) is 2. The lowest BCUT2D eigenvalue weighted by atomic mass is 10.2. The number of halogens is 4. The summed E-state index contributed by atoms with van der Waals surface area (Å²) in [5.41, 5.74) is -0.190. The molecule has 0 spiro atoms. The van der Waals surface area contributed by atoms with Crippen LogP contribution in [0.3, 0.4) is 0 Å². The van der Waals surface area contributed by atoms with Gasteiger partial charge in [-0.05, 0) is 30.3 Å². The molecule has 9 heteroatoms. The number of carbonyl (C=O) groups is 1. The molecule has 0 aliphatic carbocycles. The van der Waals surface area contributed by atoms with E-state index in [2.05, 4.69) is 5.32 Å². The second-order valence-corrected chi connectivity index (χ2v) is 6.90. The van der Waals surface area contributed by atoms with Crippen molar-refractivity contribution in [2.75, 3.05) is 42.9 Å². The van der Waals surface area contributed by atoms with E-state index in [-0.39, 0.29) is 18.0 Å². The highest BCUT2D eigenvalue weighted by molar-refractivity contribution is 6.31. The van der Waals surface area contributed by atoms with Crippen LogP contribution in [-0.4, -0.2) is 48.6 Å². The number of phenols is 1. The molecule has 0 atom stereocenters. The standard InChI is InChI=1S/C19H19ClF3N3O2/c20-15-6-5-13(11-14(15)19(21,22)23)24-18(28)12-25-7-9-26(10-8-25)16-3-1-2-4-17(16)27/h1-6,11,27H,7-10,12H2,(H,24,28). The van der Waals surface area contributed by atoms with Gasteiger partial charge in [0.25, 0.3) is 0 Å². The Hall–Kier alpha value is -2.45. The van der Waals surface area contributed by atoms with Gasteiger partial charge in [-0.15, -0.1) is 0 Å². The van der Waals surface area contributed by atoms with Gasteiger partial charge in [0, 0.05) is 31.9 Å². The van der Waals surface area contributed by atoms with Crippen molar-refractivity contribution in [3.05, 3.63) is 53.1 Å². The van der Waals surface area contributed by atoms with E-state index in [0.717, 1.165) is 17.8 Å². The molecule has 0 saturated carbocycles. The predicted octanol–water partition coefficient (Wildman–Crippen LogP) is 3.83. The molecule has 28 heavy (non-hydrogen) atoms. The highest BCUT2D eigenvalue weighted by atomic mass is 35.5. The number of nitrogens with one attached hydrogen (secondary N) is 1. The number of hydrogen-bond donors (Lipinski definition) is 2. The number of piperazine rings is 1. The van der Waals surface area contributed by atoms with Gasteiger partial charge in [0.05, 0.1) is 22.8 Å². The molecule has 3 rings (SSSR count). The highest BCUT2D eigenvalue weighted by Gasteiger charge is 2.33. The number of aromatic hydroxyl groups is 1. The van der Waals surface area contributed by atoms with E-state index in [1.807, 2.05) is 21.9 Å². The molecule has 5 nitrogen and oxygen atoms in total.